The highest BCUT2D eigenvalue weighted by Crippen LogP contribution is 2.43. The average Bonchev–Trinajstić information content (AvgIpc) is 2.66. The van der Waals surface area contributed by atoms with Gasteiger partial charge in [-0.05, 0) is 25.0 Å². The molecule has 142 valence electrons. The van der Waals surface area contributed by atoms with Crippen molar-refractivity contribution in [2.45, 2.75) is 38.5 Å². The fourth-order valence-corrected chi connectivity index (χ4v) is 3.35. The van der Waals surface area contributed by atoms with Crippen molar-refractivity contribution < 1.29 is 14.6 Å². The first-order chi connectivity index (χ1) is 12.9. The molecule has 0 heterocycles. The number of nitrogens with zero attached hydrogens (tertiary/aromatic N) is 2. The number of hydrogen-bond acceptors (Lipinski definition) is 5. The summed E-state index contributed by atoms with van der Waals surface area (Å²) in [5.41, 5.74) is -1.86. The predicted octanol–water partition coefficient (Wildman–Crippen LogP) is 4.59. The summed E-state index contributed by atoms with van der Waals surface area (Å²) >= 11 is 0. The summed E-state index contributed by atoms with van der Waals surface area (Å²) in [6.07, 6.45) is 1.17. The van der Waals surface area contributed by atoms with E-state index in [-0.39, 0.29) is 12.0 Å². The van der Waals surface area contributed by atoms with E-state index < -0.39 is 32.5 Å². The van der Waals surface area contributed by atoms with Crippen LogP contribution >= 0.6 is 0 Å². The zero-order chi connectivity index (χ0) is 20.0. The van der Waals surface area contributed by atoms with E-state index in [1.165, 1.54) is 12.1 Å². The molecule has 1 atom stereocenters. The number of nitrogens with one attached hydrogen (secondary N) is 1. The lowest BCUT2D eigenvalue weighted by molar-refractivity contribution is -0.423. The Bertz CT molecular complexity index is 854. The van der Waals surface area contributed by atoms with Crippen molar-refractivity contribution in [1.82, 2.24) is 0 Å². The summed E-state index contributed by atoms with van der Waals surface area (Å²) in [7, 11) is 0. The van der Waals surface area contributed by atoms with Gasteiger partial charge in [-0.15, -0.1) is 0 Å². The minimum absolute atomic E-state index is 0.0690. The van der Waals surface area contributed by atoms with Crippen LogP contribution in [0.5, 0.6) is 0 Å². The van der Waals surface area contributed by atoms with Gasteiger partial charge in [0.2, 0.25) is 5.91 Å². The maximum Gasteiger partial charge on any atom is 0.350 e. The molecule has 0 saturated heterocycles. The second kappa shape index (κ2) is 8.39. The van der Waals surface area contributed by atoms with Crippen LogP contribution in [0.2, 0.25) is 0 Å². The SMILES string of the molecule is CCCC(CC)(C(=O)Nc1ccccc1)c1cccc([N+](=O)[O-])c1[N+](=O)[O-]. The highest BCUT2D eigenvalue weighted by molar-refractivity contribution is 6.00. The number of carbonyl (C=O) groups is 1. The minimum Gasteiger partial charge on any atom is -0.325 e. The van der Waals surface area contributed by atoms with Gasteiger partial charge in [0.25, 0.3) is 0 Å². The maximum absolute atomic E-state index is 13.2. The van der Waals surface area contributed by atoms with Crippen molar-refractivity contribution in [1.29, 1.82) is 0 Å². The van der Waals surface area contributed by atoms with E-state index in [9.17, 15) is 25.0 Å². The molecule has 0 aliphatic carbocycles. The van der Waals surface area contributed by atoms with E-state index in [4.69, 9.17) is 0 Å². The third-order valence-electron chi connectivity index (χ3n) is 4.66. The van der Waals surface area contributed by atoms with Gasteiger partial charge in [-0.2, -0.15) is 0 Å². The lowest BCUT2D eigenvalue weighted by Crippen LogP contribution is -2.40. The summed E-state index contributed by atoms with van der Waals surface area (Å²) in [5.74, 6) is -0.415. The summed E-state index contributed by atoms with van der Waals surface area (Å²) in [6, 6.07) is 12.7. The van der Waals surface area contributed by atoms with Crippen molar-refractivity contribution in [3.8, 4) is 0 Å². The molecule has 8 nitrogen and oxygen atoms in total. The number of amides is 1. The van der Waals surface area contributed by atoms with Crippen molar-refractivity contribution in [3.05, 3.63) is 74.3 Å². The number of carbonyl (C=O) groups excluding carboxylic acids is 1. The Hall–Kier alpha value is -3.29. The normalized spacial score (nSPS) is 12.8. The van der Waals surface area contributed by atoms with Gasteiger partial charge in [-0.1, -0.05) is 50.6 Å². The molecule has 0 fully saturated rings. The first kappa shape index (κ1) is 20.0. The topological polar surface area (TPSA) is 115 Å². The van der Waals surface area contributed by atoms with E-state index in [0.717, 1.165) is 6.07 Å². The molecule has 0 radical (unpaired) electrons. The number of benzene rings is 2. The molecule has 0 spiro atoms. The van der Waals surface area contributed by atoms with Crippen LogP contribution in [0.3, 0.4) is 0 Å². The Morgan fingerprint density at radius 2 is 1.67 bits per heavy atom. The number of hydrogen-bond donors (Lipinski definition) is 1. The van der Waals surface area contributed by atoms with Crippen molar-refractivity contribution in [3.63, 3.8) is 0 Å². The molecule has 0 aromatic heterocycles. The first-order valence-electron chi connectivity index (χ1n) is 8.66. The van der Waals surface area contributed by atoms with Gasteiger partial charge in [0, 0.05) is 11.8 Å². The van der Waals surface area contributed by atoms with Crippen LogP contribution in [0, 0.1) is 20.2 Å². The average molecular weight is 371 g/mol. The van der Waals surface area contributed by atoms with Gasteiger partial charge in [0.15, 0.2) is 0 Å². The quantitative estimate of drug-likeness (QED) is 0.538. The second-order valence-corrected chi connectivity index (χ2v) is 6.19. The highest BCUT2D eigenvalue weighted by atomic mass is 16.6. The van der Waals surface area contributed by atoms with Crippen LogP contribution in [0.25, 0.3) is 0 Å². The Morgan fingerprint density at radius 1 is 1.00 bits per heavy atom. The van der Waals surface area contributed by atoms with E-state index in [1.807, 2.05) is 6.92 Å². The van der Waals surface area contributed by atoms with Crippen LogP contribution in [0.1, 0.15) is 38.7 Å². The van der Waals surface area contributed by atoms with Crippen molar-refractivity contribution in [2.75, 3.05) is 5.32 Å². The number of rotatable bonds is 8. The van der Waals surface area contributed by atoms with Crippen LogP contribution in [0.15, 0.2) is 48.5 Å². The number of nitro groups is 2. The molecule has 1 unspecified atom stereocenters. The van der Waals surface area contributed by atoms with Crippen LogP contribution in [0.4, 0.5) is 17.1 Å². The second-order valence-electron chi connectivity index (χ2n) is 6.19. The van der Waals surface area contributed by atoms with E-state index in [2.05, 4.69) is 5.32 Å². The first-order valence-corrected chi connectivity index (χ1v) is 8.66. The molecule has 2 rings (SSSR count). The van der Waals surface area contributed by atoms with Gasteiger partial charge >= 0.3 is 11.4 Å². The monoisotopic (exact) mass is 371 g/mol. The molecule has 0 aliphatic rings. The summed E-state index contributed by atoms with van der Waals surface area (Å²) < 4.78 is 0. The molecule has 1 amide bonds. The Balaban J connectivity index is 2.66. The molecular weight excluding hydrogens is 350 g/mol. The van der Waals surface area contributed by atoms with Gasteiger partial charge in [0.1, 0.15) is 0 Å². The van der Waals surface area contributed by atoms with Gasteiger partial charge < -0.3 is 5.32 Å². The molecule has 0 saturated carbocycles. The Kier molecular flexibility index (Phi) is 6.23. The summed E-state index contributed by atoms with van der Waals surface area (Å²) in [6.45, 7) is 3.62. The molecule has 2 aromatic carbocycles. The molecule has 2 aromatic rings. The van der Waals surface area contributed by atoms with Gasteiger partial charge in [0.05, 0.1) is 20.8 Å². The smallest absolute Gasteiger partial charge is 0.325 e. The number of nitro benzene ring substituents is 2. The zero-order valence-electron chi connectivity index (χ0n) is 15.2. The maximum atomic E-state index is 13.2. The third kappa shape index (κ3) is 3.94. The van der Waals surface area contributed by atoms with Crippen molar-refractivity contribution >= 4 is 23.0 Å². The summed E-state index contributed by atoms with van der Waals surface area (Å²) in [5, 5.41) is 25.8. The minimum atomic E-state index is -1.25. The fraction of sp³-hybridized carbons (Fsp3) is 0.316. The Morgan fingerprint density at radius 3 is 2.19 bits per heavy atom. The van der Waals surface area contributed by atoms with E-state index in [0.29, 0.717) is 18.5 Å². The lowest BCUT2D eigenvalue weighted by Gasteiger charge is -2.31. The fourth-order valence-electron chi connectivity index (χ4n) is 3.35. The molecular formula is C19H21N3O5. The number of anilines is 1. The van der Waals surface area contributed by atoms with Crippen LogP contribution < -0.4 is 5.32 Å². The van der Waals surface area contributed by atoms with Gasteiger partial charge in [-0.3, -0.25) is 25.0 Å². The van der Waals surface area contributed by atoms with Gasteiger partial charge in [-0.25, -0.2) is 0 Å². The highest BCUT2D eigenvalue weighted by Gasteiger charge is 2.45. The molecule has 27 heavy (non-hydrogen) atoms. The van der Waals surface area contributed by atoms with E-state index in [1.54, 1.807) is 37.3 Å². The lowest BCUT2D eigenvalue weighted by atomic mass is 9.72. The summed E-state index contributed by atoms with van der Waals surface area (Å²) in [4.78, 5) is 34.6. The van der Waals surface area contributed by atoms with Crippen LogP contribution in [-0.2, 0) is 10.2 Å². The molecule has 8 heteroatoms. The zero-order valence-corrected chi connectivity index (χ0v) is 15.2. The van der Waals surface area contributed by atoms with Crippen LogP contribution in [-0.4, -0.2) is 15.8 Å². The molecule has 0 bridgehead atoms. The predicted molar refractivity (Wildman–Crippen MR) is 102 cm³/mol. The molecule has 1 N–H and O–H groups in total. The molecule has 0 aliphatic heterocycles. The number of para-hydroxylation sites is 2. The largest absolute Gasteiger partial charge is 0.350 e. The standard InChI is InChI=1S/C19H21N3O5/c1-3-13-19(4-2,18(23)20-14-9-6-5-7-10-14)15-11-8-12-16(21(24)25)17(15)22(26)27/h5-12H,3-4,13H2,1-2H3,(H,20,23). The third-order valence-corrected chi connectivity index (χ3v) is 4.66. The van der Waals surface area contributed by atoms with Crippen molar-refractivity contribution in [2.24, 2.45) is 0 Å². The van der Waals surface area contributed by atoms with E-state index >= 15 is 0 Å². The Labute approximate surface area is 156 Å².